The van der Waals surface area contributed by atoms with Crippen LogP contribution in [-0.2, 0) is 20.6 Å². The zero-order chi connectivity index (χ0) is 9.03. The van der Waals surface area contributed by atoms with E-state index in [1.165, 1.54) is 0 Å². The third-order valence-corrected chi connectivity index (χ3v) is 3.00. The van der Waals surface area contributed by atoms with E-state index in [0.29, 0.717) is 26.1 Å². The van der Waals surface area contributed by atoms with Gasteiger partial charge in [-0.15, -0.1) is 0 Å². The topological polar surface area (TPSA) is 55.8 Å². The maximum atomic E-state index is 10.6. The summed E-state index contributed by atoms with van der Waals surface area (Å²) in [7, 11) is 1.58. The van der Waals surface area contributed by atoms with Crippen LogP contribution >= 0.6 is 0 Å². The number of ether oxygens (including phenoxy) is 2. The third kappa shape index (κ3) is 2.52. The molecule has 1 aliphatic heterocycles. The van der Waals surface area contributed by atoms with Crippen molar-refractivity contribution in [1.29, 1.82) is 0 Å². The maximum Gasteiger partial charge on any atom is 0.155 e. The van der Waals surface area contributed by atoms with E-state index in [1.54, 1.807) is 7.11 Å². The van der Waals surface area contributed by atoms with E-state index in [2.05, 4.69) is 0 Å². The summed E-state index contributed by atoms with van der Waals surface area (Å²) in [5.74, 6) is 0.187. The highest BCUT2D eigenvalue weighted by atomic mass is 32.2. The van der Waals surface area contributed by atoms with Gasteiger partial charge in [-0.05, 0) is 0 Å². The molecule has 0 spiro atoms. The van der Waals surface area contributed by atoms with Crippen LogP contribution in [-0.4, -0.2) is 40.4 Å². The van der Waals surface area contributed by atoms with E-state index in [1.807, 2.05) is 0 Å². The summed E-state index contributed by atoms with van der Waals surface area (Å²) < 4.78 is 29.8. The molecule has 1 rings (SSSR count). The third-order valence-electron chi connectivity index (χ3n) is 2.22. The van der Waals surface area contributed by atoms with E-state index in [0.717, 1.165) is 0 Å². The van der Waals surface area contributed by atoms with Gasteiger partial charge in [0.2, 0.25) is 0 Å². The second kappa shape index (κ2) is 4.32. The lowest BCUT2D eigenvalue weighted by atomic mass is 9.97. The van der Waals surface area contributed by atoms with Gasteiger partial charge in [0.15, 0.2) is 11.1 Å². The number of hydrogen-bond acceptors (Lipinski definition) is 3. The molecule has 5 heteroatoms. The lowest BCUT2D eigenvalue weighted by Gasteiger charge is -2.34. The molecule has 1 atom stereocenters. The largest absolute Gasteiger partial charge is 0.381 e. The van der Waals surface area contributed by atoms with Crippen molar-refractivity contribution in [3.63, 3.8) is 0 Å². The SMILES string of the molecule is COC1(CS(=O)O)CCOCC1. The molecule has 0 aliphatic carbocycles. The molecular weight excluding hydrogens is 180 g/mol. The Balaban J connectivity index is 2.53. The Labute approximate surface area is 74.5 Å². The zero-order valence-corrected chi connectivity index (χ0v) is 7.93. The molecule has 0 aromatic rings. The lowest BCUT2D eigenvalue weighted by molar-refractivity contribution is -0.0751. The van der Waals surface area contributed by atoms with E-state index in [9.17, 15) is 4.21 Å². The monoisotopic (exact) mass is 194 g/mol. The van der Waals surface area contributed by atoms with Gasteiger partial charge in [0.25, 0.3) is 0 Å². The highest BCUT2D eigenvalue weighted by Crippen LogP contribution is 2.24. The van der Waals surface area contributed by atoms with E-state index in [-0.39, 0.29) is 5.75 Å². The fraction of sp³-hybridized carbons (Fsp3) is 1.00. The first-order valence-corrected chi connectivity index (χ1v) is 5.16. The van der Waals surface area contributed by atoms with Crippen LogP contribution < -0.4 is 0 Å². The van der Waals surface area contributed by atoms with Crippen LogP contribution in [0.15, 0.2) is 0 Å². The molecule has 0 aromatic carbocycles. The Morgan fingerprint density at radius 2 is 2.17 bits per heavy atom. The molecule has 1 aliphatic rings. The molecule has 0 amide bonds. The summed E-state index contributed by atoms with van der Waals surface area (Å²) in [6, 6.07) is 0. The molecule has 1 saturated heterocycles. The normalized spacial score (nSPS) is 25.2. The van der Waals surface area contributed by atoms with Crippen molar-refractivity contribution in [2.45, 2.75) is 18.4 Å². The van der Waals surface area contributed by atoms with Gasteiger partial charge in [-0.3, -0.25) is 0 Å². The highest BCUT2D eigenvalue weighted by Gasteiger charge is 2.34. The van der Waals surface area contributed by atoms with Crippen molar-refractivity contribution in [2.24, 2.45) is 0 Å². The van der Waals surface area contributed by atoms with Crippen molar-refractivity contribution >= 4 is 11.1 Å². The summed E-state index contributed by atoms with van der Waals surface area (Å²) in [5.41, 5.74) is -0.433. The van der Waals surface area contributed by atoms with Crippen LogP contribution in [0.2, 0.25) is 0 Å². The summed E-state index contributed by atoms with van der Waals surface area (Å²) in [5, 5.41) is 0. The molecule has 72 valence electrons. The van der Waals surface area contributed by atoms with Gasteiger partial charge in [-0.2, -0.15) is 0 Å². The standard InChI is InChI=1S/C7H14O4S/c1-10-7(6-12(8)9)2-4-11-5-3-7/h2-6H2,1H3,(H,8,9). The van der Waals surface area contributed by atoms with Crippen LogP contribution in [0.5, 0.6) is 0 Å². The smallest absolute Gasteiger partial charge is 0.155 e. The molecule has 0 radical (unpaired) electrons. The first-order valence-electron chi connectivity index (χ1n) is 3.89. The van der Waals surface area contributed by atoms with E-state index < -0.39 is 16.7 Å². The summed E-state index contributed by atoms with van der Waals surface area (Å²) >= 11 is -1.78. The predicted molar refractivity (Wildman–Crippen MR) is 45.4 cm³/mol. The minimum absolute atomic E-state index is 0.187. The average molecular weight is 194 g/mol. The van der Waals surface area contributed by atoms with Gasteiger partial charge < -0.3 is 14.0 Å². The van der Waals surface area contributed by atoms with Crippen LogP contribution in [0.25, 0.3) is 0 Å². The van der Waals surface area contributed by atoms with Crippen molar-refractivity contribution in [2.75, 3.05) is 26.1 Å². The number of hydrogen-bond donors (Lipinski definition) is 1. The summed E-state index contributed by atoms with van der Waals surface area (Å²) in [4.78, 5) is 0. The van der Waals surface area contributed by atoms with Crippen molar-refractivity contribution in [3.8, 4) is 0 Å². The second-order valence-corrected chi connectivity index (χ2v) is 3.90. The Bertz CT molecular complexity index is 165. The van der Waals surface area contributed by atoms with E-state index >= 15 is 0 Å². The van der Waals surface area contributed by atoms with Gasteiger partial charge in [-0.1, -0.05) is 0 Å². The quantitative estimate of drug-likeness (QED) is 0.661. The molecule has 1 unspecified atom stereocenters. The predicted octanol–water partition coefficient (Wildman–Crippen LogP) is 0.404. The van der Waals surface area contributed by atoms with Crippen LogP contribution in [0.4, 0.5) is 0 Å². The molecule has 4 nitrogen and oxygen atoms in total. The first-order chi connectivity index (χ1) is 5.68. The Morgan fingerprint density at radius 3 is 2.58 bits per heavy atom. The maximum absolute atomic E-state index is 10.6. The Hall–Kier alpha value is 0.0300. The second-order valence-electron chi connectivity index (χ2n) is 2.97. The van der Waals surface area contributed by atoms with Crippen molar-refractivity contribution in [3.05, 3.63) is 0 Å². The molecule has 1 fully saturated rings. The fourth-order valence-electron chi connectivity index (χ4n) is 1.38. The summed E-state index contributed by atoms with van der Waals surface area (Å²) in [6.45, 7) is 1.23. The average Bonchev–Trinajstić information content (AvgIpc) is 2.05. The van der Waals surface area contributed by atoms with Crippen LogP contribution in [0.1, 0.15) is 12.8 Å². The minimum Gasteiger partial charge on any atom is -0.381 e. The minimum atomic E-state index is -1.78. The van der Waals surface area contributed by atoms with Gasteiger partial charge >= 0.3 is 0 Å². The molecule has 0 bridgehead atoms. The molecule has 1 heterocycles. The van der Waals surface area contributed by atoms with Crippen molar-refractivity contribution < 1.29 is 18.2 Å². The molecule has 0 saturated carbocycles. The van der Waals surface area contributed by atoms with Gasteiger partial charge in [0.1, 0.15) is 0 Å². The number of methoxy groups -OCH3 is 1. The van der Waals surface area contributed by atoms with Gasteiger partial charge in [-0.25, -0.2) is 4.21 Å². The first kappa shape index (κ1) is 10.1. The van der Waals surface area contributed by atoms with Crippen LogP contribution in [0, 0.1) is 0 Å². The zero-order valence-electron chi connectivity index (χ0n) is 7.12. The molecule has 12 heavy (non-hydrogen) atoms. The molecule has 1 N–H and O–H groups in total. The number of rotatable bonds is 3. The molecule has 0 aromatic heterocycles. The van der Waals surface area contributed by atoms with Crippen molar-refractivity contribution in [1.82, 2.24) is 0 Å². The van der Waals surface area contributed by atoms with Gasteiger partial charge in [0.05, 0.1) is 11.4 Å². The Kier molecular flexibility index (Phi) is 3.64. The Morgan fingerprint density at radius 1 is 1.58 bits per heavy atom. The van der Waals surface area contributed by atoms with Crippen LogP contribution in [0.3, 0.4) is 0 Å². The highest BCUT2D eigenvalue weighted by molar-refractivity contribution is 7.79. The van der Waals surface area contributed by atoms with Gasteiger partial charge in [0, 0.05) is 33.2 Å². The summed E-state index contributed by atoms with van der Waals surface area (Å²) in [6.07, 6.45) is 1.41. The fourth-order valence-corrected chi connectivity index (χ4v) is 2.23. The van der Waals surface area contributed by atoms with E-state index in [4.69, 9.17) is 14.0 Å². The lowest BCUT2D eigenvalue weighted by Crippen LogP contribution is -2.42. The molecular formula is C7H14O4S.